The second-order valence-corrected chi connectivity index (χ2v) is 9.41. The maximum atomic E-state index is 13.1. The summed E-state index contributed by atoms with van der Waals surface area (Å²) in [4.78, 5) is 21.9. The van der Waals surface area contributed by atoms with Gasteiger partial charge in [0.05, 0.1) is 12.4 Å². The zero-order chi connectivity index (χ0) is 27.1. The van der Waals surface area contributed by atoms with Crippen molar-refractivity contribution in [2.45, 2.75) is 65.8 Å². The van der Waals surface area contributed by atoms with Crippen LogP contribution in [0.5, 0.6) is 0 Å². The fourth-order valence-corrected chi connectivity index (χ4v) is 4.65. The van der Waals surface area contributed by atoms with Crippen molar-refractivity contribution in [3.05, 3.63) is 77.3 Å². The minimum atomic E-state index is -0.415. The summed E-state index contributed by atoms with van der Waals surface area (Å²) >= 11 is 0. The monoisotopic (exact) mass is 518 g/mol. The lowest BCUT2D eigenvalue weighted by Gasteiger charge is -2.28. The highest BCUT2D eigenvalue weighted by molar-refractivity contribution is 5.78. The van der Waals surface area contributed by atoms with E-state index in [1.165, 1.54) is 10.9 Å². The predicted octanol–water partition coefficient (Wildman–Crippen LogP) is 5.50. The Hall–Kier alpha value is -4.08. The van der Waals surface area contributed by atoms with Crippen LogP contribution < -0.4 is 10.6 Å². The van der Waals surface area contributed by atoms with E-state index in [1.54, 1.807) is 12.3 Å². The molecule has 1 aliphatic rings. The van der Waals surface area contributed by atoms with Gasteiger partial charge in [-0.15, -0.1) is 0 Å². The van der Waals surface area contributed by atoms with Crippen LogP contribution in [-0.2, 0) is 11.3 Å². The summed E-state index contributed by atoms with van der Waals surface area (Å²) in [5, 5.41) is 17.4. The normalized spacial score (nSPS) is 16.9. The maximum Gasteiger partial charge on any atom is 0.223 e. The summed E-state index contributed by atoms with van der Waals surface area (Å²) in [6.45, 7) is 8.43. The molecular weight excluding hydrogens is 483 g/mol. The van der Waals surface area contributed by atoms with Crippen molar-refractivity contribution in [1.29, 1.82) is 0 Å². The van der Waals surface area contributed by atoms with Gasteiger partial charge in [0.1, 0.15) is 5.82 Å². The van der Waals surface area contributed by atoms with Crippen molar-refractivity contribution in [3.63, 3.8) is 0 Å². The van der Waals surface area contributed by atoms with Gasteiger partial charge in [0.2, 0.25) is 5.91 Å². The Morgan fingerprint density at radius 1 is 1.08 bits per heavy atom. The molecule has 4 heterocycles. The molecule has 1 saturated carbocycles. The first-order valence-electron chi connectivity index (χ1n) is 13.1. The number of carbonyl (C=O) groups is 1. The summed E-state index contributed by atoms with van der Waals surface area (Å²) in [5.41, 5.74) is 4.07. The number of amides is 1. The minimum absolute atomic E-state index is 0.00466. The molecule has 1 amide bonds. The van der Waals surface area contributed by atoms with Gasteiger partial charge in [0, 0.05) is 42.0 Å². The van der Waals surface area contributed by atoms with Crippen LogP contribution in [0, 0.1) is 25.6 Å². The number of carbonyl (C=O) groups excluding carboxylic acids is 1. The fraction of sp³-hybridized carbons (Fsp3) is 0.393. The lowest BCUT2D eigenvalue weighted by atomic mass is 9.79. The number of rotatable bonds is 7. The van der Waals surface area contributed by atoms with Gasteiger partial charge in [-0.3, -0.25) is 9.89 Å². The number of pyridine rings is 2. The first kappa shape index (κ1) is 27.0. The highest BCUT2D eigenvalue weighted by atomic mass is 19.1. The van der Waals surface area contributed by atoms with Crippen LogP contribution >= 0.6 is 0 Å². The van der Waals surface area contributed by atoms with E-state index in [9.17, 15) is 9.18 Å². The predicted molar refractivity (Wildman–Crippen MR) is 145 cm³/mol. The smallest absolute Gasteiger partial charge is 0.223 e. The van der Waals surface area contributed by atoms with Crippen LogP contribution in [0.2, 0.25) is 0 Å². The molecule has 0 aromatic carbocycles. The molecule has 1 aliphatic carbocycles. The van der Waals surface area contributed by atoms with Crippen LogP contribution in [0.25, 0.3) is 5.82 Å². The van der Waals surface area contributed by atoms with Gasteiger partial charge in [-0.2, -0.15) is 10.2 Å². The lowest BCUT2D eigenvalue weighted by Crippen LogP contribution is -2.32. The average molecular weight is 519 g/mol. The highest BCUT2D eigenvalue weighted by Gasteiger charge is 2.28. The Morgan fingerprint density at radius 3 is 2.50 bits per heavy atom. The number of H-pyrrole nitrogens is 1. The van der Waals surface area contributed by atoms with Crippen LogP contribution in [0.15, 0.2) is 48.9 Å². The minimum Gasteiger partial charge on any atom is -0.352 e. The molecule has 4 aromatic heterocycles. The molecule has 0 atom stereocenters. The second kappa shape index (κ2) is 12.4. The topological polar surface area (TPSA) is 113 Å². The van der Waals surface area contributed by atoms with Crippen LogP contribution in [0.1, 0.15) is 68.0 Å². The summed E-state index contributed by atoms with van der Waals surface area (Å²) in [6, 6.07) is 9.71. The Morgan fingerprint density at radius 2 is 1.87 bits per heavy atom. The molecular formula is C28H35FN8O. The van der Waals surface area contributed by atoms with Gasteiger partial charge < -0.3 is 10.6 Å². The van der Waals surface area contributed by atoms with Crippen LogP contribution in [0.4, 0.5) is 16.0 Å². The van der Waals surface area contributed by atoms with Gasteiger partial charge in [0.25, 0.3) is 0 Å². The number of aromatic amines is 1. The number of nitrogens with zero attached hydrogens (tertiary/aromatic N) is 5. The van der Waals surface area contributed by atoms with E-state index in [2.05, 4.69) is 43.9 Å². The van der Waals surface area contributed by atoms with Gasteiger partial charge in [-0.1, -0.05) is 19.9 Å². The Bertz CT molecular complexity index is 1340. The number of anilines is 2. The number of aryl methyl sites for hydroxylation is 2. The molecule has 0 unspecified atom stereocenters. The van der Waals surface area contributed by atoms with Crippen molar-refractivity contribution >= 4 is 17.5 Å². The summed E-state index contributed by atoms with van der Waals surface area (Å²) in [6.07, 6.45) is 7.58. The van der Waals surface area contributed by atoms with Crippen LogP contribution in [-0.4, -0.2) is 35.9 Å². The number of halogens is 1. The summed E-state index contributed by atoms with van der Waals surface area (Å²) in [5.74, 6) is 2.04. The SMILES string of the molecule is CC.Cc1cc(Nc2cc(C)[nH]n2)nc(C2CCC(C(=O)NCc3ccc(-n4cc(F)cn4)nc3)CC2)c1. The Balaban J connectivity index is 0.00000164. The van der Waals surface area contributed by atoms with Crippen molar-refractivity contribution < 1.29 is 9.18 Å². The average Bonchev–Trinajstić information content (AvgIpc) is 3.56. The van der Waals surface area contributed by atoms with Gasteiger partial charge in [-0.25, -0.2) is 19.0 Å². The molecule has 200 valence electrons. The molecule has 38 heavy (non-hydrogen) atoms. The lowest BCUT2D eigenvalue weighted by molar-refractivity contribution is -0.126. The molecule has 10 heteroatoms. The van der Waals surface area contributed by atoms with Crippen molar-refractivity contribution in [2.24, 2.45) is 5.92 Å². The second-order valence-electron chi connectivity index (χ2n) is 9.41. The molecule has 0 bridgehead atoms. The zero-order valence-corrected chi connectivity index (χ0v) is 22.3. The van der Waals surface area contributed by atoms with E-state index in [4.69, 9.17) is 4.98 Å². The van der Waals surface area contributed by atoms with Gasteiger partial charge in [0.15, 0.2) is 17.5 Å². The summed E-state index contributed by atoms with van der Waals surface area (Å²) in [7, 11) is 0. The van der Waals surface area contributed by atoms with E-state index in [-0.39, 0.29) is 11.8 Å². The fourth-order valence-electron chi connectivity index (χ4n) is 4.65. The third-order valence-corrected chi connectivity index (χ3v) is 6.53. The third kappa shape index (κ3) is 6.81. The van der Waals surface area contributed by atoms with E-state index in [0.29, 0.717) is 18.3 Å². The number of nitrogens with one attached hydrogen (secondary N) is 3. The first-order chi connectivity index (χ1) is 18.4. The van der Waals surface area contributed by atoms with Gasteiger partial charge >= 0.3 is 0 Å². The molecule has 0 spiro atoms. The maximum absolute atomic E-state index is 13.1. The first-order valence-corrected chi connectivity index (χ1v) is 13.1. The quantitative estimate of drug-likeness (QED) is 0.298. The summed E-state index contributed by atoms with van der Waals surface area (Å²) < 4.78 is 14.5. The largest absolute Gasteiger partial charge is 0.352 e. The number of hydrogen-bond donors (Lipinski definition) is 3. The van der Waals surface area contributed by atoms with Crippen molar-refractivity contribution in [3.8, 4) is 5.82 Å². The molecule has 4 aromatic rings. The molecule has 0 aliphatic heterocycles. The highest BCUT2D eigenvalue weighted by Crippen LogP contribution is 2.36. The zero-order valence-electron chi connectivity index (χ0n) is 22.3. The Labute approximate surface area is 222 Å². The third-order valence-electron chi connectivity index (χ3n) is 6.53. The van der Waals surface area contributed by atoms with Crippen LogP contribution in [0.3, 0.4) is 0 Å². The van der Waals surface area contributed by atoms with E-state index in [1.807, 2.05) is 39.0 Å². The molecule has 0 radical (unpaired) electrons. The molecule has 0 saturated heterocycles. The van der Waals surface area contributed by atoms with Gasteiger partial charge in [-0.05, 0) is 68.9 Å². The molecule has 1 fully saturated rings. The van der Waals surface area contributed by atoms with Crippen molar-refractivity contribution in [1.82, 2.24) is 35.3 Å². The van der Waals surface area contributed by atoms with E-state index in [0.717, 1.165) is 66.0 Å². The van der Waals surface area contributed by atoms with Crippen molar-refractivity contribution in [2.75, 3.05) is 5.32 Å². The number of aromatic nitrogens is 6. The standard InChI is InChI=1S/C26H29FN8O.C2H6/c1-16-9-22(31-23(10-16)32-24-11-17(2)33-34-24)19-4-6-20(7-5-19)26(36)29-13-18-3-8-25(28-12-18)35-15-21(27)14-30-35;1-2/h3,8-12,14-15,19-20H,4-7,13H2,1-2H3,(H,29,36)(H2,31,32,33,34);1-2H3. The molecule has 9 nitrogen and oxygen atoms in total. The van der Waals surface area contributed by atoms with E-state index >= 15 is 0 Å². The molecule has 3 N–H and O–H groups in total. The molecule has 5 rings (SSSR count). The van der Waals surface area contributed by atoms with E-state index < -0.39 is 5.82 Å². The number of hydrogen-bond acceptors (Lipinski definition) is 6. The Kier molecular flexibility index (Phi) is 8.83.